The third-order valence-electron chi connectivity index (χ3n) is 3.97. The summed E-state index contributed by atoms with van der Waals surface area (Å²) in [6.45, 7) is 3.92. The second-order valence-corrected chi connectivity index (χ2v) is 5.83. The molecule has 0 amide bonds. The first-order valence-corrected chi connectivity index (χ1v) is 7.57. The van der Waals surface area contributed by atoms with E-state index in [1.807, 2.05) is 6.07 Å². The Morgan fingerprint density at radius 3 is 2.68 bits per heavy atom. The second kappa shape index (κ2) is 5.49. The number of para-hydroxylation sites is 1. The van der Waals surface area contributed by atoms with Crippen LogP contribution in [0.5, 0.6) is 0 Å². The number of nitrogens with zero attached hydrogens (tertiary/aromatic N) is 1. The summed E-state index contributed by atoms with van der Waals surface area (Å²) >= 11 is 0. The van der Waals surface area contributed by atoms with Crippen LogP contribution in [0.15, 0.2) is 18.2 Å². The molecule has 0 aromatic heterocycles. The number of hydrogen-bond acceptors (Lipinski definition) is 2. The van der Waals surface area contributed by atoms with Gasteiger partial charge in [0.1, 0.15) is 5.82 Å². The normalized spacial score (nSPS) is 18.6. The first kappa shape index (κ1) is 12.9. The van der Waals surface area contributed by atoms with E-state index >= 15 is 0 Å². The van der Waals surface area contributed by atoms with Gasteiger partial charge in [0, 0.05) is 25.2 Å². The molecule has 0 bridgehead atoms. The van der Waals surface area contributed by atoms with Crippen molar-refractivity contribution in [2.45, 2.75) is 57.7 Å². The molecule has 2 fully saturated rings. The van der Waals surface area contributed by atoms with E-state index in [9.17, 15) is 4.39 Å². The van der Waals surface area contributed by atoms with Crippen LogP contribution < -0.4 is 10.2 Å². The molecule has 2 aliphatic rings. The largest absolute Gasteiger partial charge is 0.366 e. The van der Waals surface area contributed by atoms with Gasteiger partial charge < -0.3 is 10.2 Å². The summed E-state index contributed by atoms with van der Waals surface area (Å²) in [4.78, 5) is 2.29. The van der Waals surface area contributed by atoms with Crippen LogP contribution in [0.2, 0.25) is 0 Å². The molecule has 3 rings (SSSR count). The molecule has 0 unspecified atom stereocenters. The minimum absolute atomic E-state index is 0.0598. The molecule has 2 nitrogen and oxygen atoms in total. The number of nitrogens with one attached hydrogen (secondary N) is 1. The molecule has 1 aromatic carbocycles. The minimum atomic E-state index is -0.0598. The predicted octanol–water partition coefficient (Wildman–Crippen LogP) is 3.46. The van der Waals surface area contributed by atoms with Crippen LogP contribution in [0.25, 0.3) is 0 Å². The van der Waals surface area contributed by atoms with Gasteiger partial charge >= 0.3 is 0 Å². The summed E-state index contributed by atoms with van der Waals surface area (Å²) in [7, 11) is 0. The highest BCUT2D eigenvalue weighted by Gasteiger charge is 2.31. The lowest BCUT2D eigenvalue weighted by molar-refractivity contribution is 0.604. The molecule has 2 saturated carbocycles. The van der Waals surface area contributed by atoms with Crippen LogP contribution in [0.4, 0.5) is 10.1 Å². The van der Waals surface area contributed by atoms with Crippen LogP contribution in [-0.4, -0.2) is 18.6 Å². The van der Waals surface area contributed by atoms with Crippen molar-refractivity contribution >= 4 is 5.69 Å². The van der Waals surface area contributed by atoms with Gasteiger partial charge in [-0.25, -0.2) is 4.39 Å². The summed E-state index contributed by atoms with van der Waals surface area (Å²) in [6.07, 6.45) is 6.03. The number of hydrogen-bond donors (Lipinski definition) is 1. The molecular weight excluding hydrogens is 239 g/mol. The van der Waals surface area contributed by atoms with Crippen molar-refractivity contribution in [3.8, 4) is 0 Å². The zero-order valence-electron chi connectivity index (χ0n) is 11.7. The van der Waals surface area contributed by atoms with Crippen molar-refractivity contribution in [2.75, 3.05) is 11.4 Å². The van der Waals surface area contributed by atoms with Gasteiger partial charge in [0.05, 0.1) is 5.69 Å². The molecule has 0 spiro atoms. The van der Waals surface area contributed by atoms with E-state index < -0.39 is 0 Å². The maximum absolute atomic E-state index is 14.3. The fraction of sp³-hybridized carbons (Fsp3) is 0.625. The molecular formula is C16H23FN2. The van der Waals surface area contributed by atoms with E-state index in [4.69, 9.17) is 0 Å². The van der Waals surface area contributed by atoms with Crippen molar-refractivity contribution in [3.05, 3.63) is 29.6 Å². The SMILES string of the molecule is CCCN(c1c(F)cccc1CNC1CC1)C1CC1. The third kappa shape index (κ3) is 3.08. The van der Waals surface area contributed by atoms with E-state index in [0.29, 0.717) is 12.1 Å². The highest BCUT2D eigenvalue weighted by Crippen LogP contribution is 2.35. The first-order valence-electron chi connectivity index (χ1n) is 7.57. The molecule has 0 aliphatic heterocycles. The van der Waals surface area contributed by atoms with Gasteiger partial charge in [0.2, 0.25) is 0 Å². The monoisotopic (exact) mass is 262 g/mol. The number of rotatable bonds is 7. The van der Waals surface area contributed by atoms with E-state index in [0.717, 1.165) is 30.8 Å². The van der Waals surface area contributed by atoms with Crippen LogP contribution in [0, 0.1) is 5.82 Å². The van der Waals surface area contributed by atoms with Crippen molar-refractivity contribution in [1.29, 1.82) is 0 Å². The molecule has 104 valence electrons. The Hall–Kier alpha value is -1.09. The first-order chi connectivity index (χ1) is 9.29. The standard InChI is InChI=1S/C16H23FN2/c1-2-10-19(14-8-9-14)16-12(4-3-5-15(16)17)11-18-13-6-7-13/h3-5,13-14,18H,2,6-11H2,1H3. The average molecular weight is 262 g/mol. The maximum Gasteiger partial charge on any atom is 0.146 e. The van der Waals surface area contributed by atoms with Crippen LogP contribution >= 0.6 is 0 Å². The topological polar surface area (TPSA) is 15.3 Å². The Morgan fingerprint density at radius 1 is 1.26 bits per heavy atom. The fourth-order valence-electron chi connectivity index (χ4n) is 2.67. The molecule has 0 heterocycles. The van der Waals surface area contributed by atoms with Gasteiger partial charge in [-0.3, -0.25) is 0 Å². The molecule has 0 radical (unpaired) electrons. The fourth-order valence-corrected chi connectivity index (χ4v) is 2.67. The summed E-state index contributed by atoms with van der Waals surface area (Å²) < 4.78 is 14.3. The van der Waals surface area contributed by atoms with Crippen LogP contribution in [0.1, 0.15) is 44.6 Å². The number of anilines is 1. The Morgan fingerprint density at radius 2 is 2.05 bits per heavy atom. The Labute approximate surface area is 115 Å². The second-order valence-electron chi connectivity index (χ2n) is 5.83. The van der Waals surface area contributed by atoms with Gasteiger partial charge in [-0.15, -0.1) is 0 Å². The molecule has 3 heteroatoms. The van der Waals surface area contributed by atoms with Crippen molar-refractivity contribution < 1.29 is 4.39 Å². The maximum atomic E-state index is 14.3. The van der Waals surface area contributed by atoms with E-state index in [-0.39, 0.29) is 5.82 Å². The van der Waals surface area contributed by atoms with Crippen LogP contribution in [-0.2, 0) is 6.54 Å². The van der Waals surface area contributed by atoms with Gasteiger partial charge in [-0.2, -0.15) is 0 Å². The smallest absolute Gasteiger partial charge is 0.146 e. The minimum Gasteiger partial charge on any atom is -0.366 e. The Balaban J connectivity index is 1.82. The summed E-state index contributed by atoms with van der Waals surface area (Å²) in [5.41, 5.74) is 1.97. The summed E-state index contributed by atoms with van der Waals surface area (Å²) in [5.74, 6) is -0.0598. The number of benzene rings is 1. The number of halogens is 1. The van der Waals surface area contributed by atoms with Gasteiger partial charge in [-0.05, 0) is 43.7 Å². The third-order valence-corrected chi connectivity index (χ3v) is 3.97. The molecule has 0 atom stereocenters. The van der Waals surface area contributed by atoms with Crippen molar-refractivity contribution in [3.63, 3.8) is 0 Å². The zero-order chi connectivity index (χ0) is 13.2. The van der Waals surface area contributed by atoms with Crippen LogP contribution in [0.3, 0.4) is 0 Å². The molecule has 1 aromatic rings. The lowest BCUT2D eigenvalue weighted by atomic mass is 10.1. The van der Waals surface area contributed by atoms with Gasteiger partial charge in [0.15, 0.2) is 0 Å². The average Bonchev–Trinajstić information content (AvgIpc) is 3.28. The Bertz CT molecular complexity index is 438. The highest BCUT2D eigenvalue weighted by atomic mass is 19.1. The quantitative estimate of drug-likeness (QED) is 0.809. The molecule has 19 heavy (non-hydrogen) atoms. The zero-order valence-corrected chi connectivity index (χ0v) is 11.7. The van der Waals surface area contributed by atoms with E-state index in [2.05, 4.69) is 23.2 Å². The van der Waals surface area contributed by atoms with E-state index in [1.165, 1.54) is 25.7 Å². The summed E-state index contributed by atoms with van der Waals surface area (Å²) in [5, 5.41) is 3.50. The molecule has 0 saturated heterocycles. The Kier molecular flexibility index (Phi) is 3.74. The predicted molar refractivity (Wildman–Crippen MR) is 76.9 cm³/mol. The summed E-state index contributed by atoms with van der Waals surface area (Å²) in [6, 6.07) is 6.73. The lowest BCUT2D eigenvalue weighted by Gasteiger charge is -2.27. The molecule has 2 aliphatic carbocycles. The van der Waals surface area contributed by atoms with Gasteiger partial charge in [-0.1, -0.05) is 19.1 Å². The van der Waals surface area contributed by atoms with Crippen molar-refractivity contribution in [2.24, 2.45) is 0 Å². The molecule has 1 N–H and O–H groups in total. The van der Waals surface area contributed by atoms with E-state index in [1.54, 1.807) is 6.07 Å². The van der Waals surface area contributed by atoms with Crippen molar-refractivity contribution in [1.82, 2.24) is 5.32 Å². The van der Waals surface area contributed by atoms with Gasteiger partial charge in [0.25, 0.3) is 0 Å². The highest BCUT2D eigenvalue weighted by molar-refractivity contribution is 5.56. The lowest BCUT2D eigenvalue weighted by Crippen LogP contribution is -2.29.